The van der Waals surface area contributed by atoms with Crippen molar-refractivity contribution in [2.45, 2.75) is 17.9 Å². The molecule has 0 aliphatic heterocycles. The van der Waals surface area contributed by atoms with Crippen LogP contribution in [0.1, 0.15) is 12.0 Å². The zero-order valence-corrected chi connectivity index (χ0v) is 15.9. The number of para-hydroxylation sites is 1. The van der Waals surface area contributed by atoms with Gasteiger partial charge in [0.25, 0.3) is 0 Å². The van der Waals surface area contributed by atoms with Crippen LogP contribution in [-0.2, 0) is 4.79 Å². The van der Waals surface area contributed by atoms with Gasteiger partial charge in [0.15, 0.2) is 0 Å². The molecule has 30 heavy (non-hydrogen) atoms. The summed E-state index contributed by atoms with van der Waals surface area (Å²) in [5, 5.41) is 23.3. The smallest absolute Gasteiger partial charge is 0.406 e. The van der Waals surface area contributed by atoms with Crippen molar-refractivity contribution < 1.29 is 22.7 Å². The third kappa shape index (κ3) is 5.71. The number of carbonyl (C=O) groups is 1. The van der Waals surface area contributed by atoms with E-state index in [0.717, 1.165) is 12.1 Å². The van der Waals surface area contributed by atoms with E-state index in [1.54, 1.807) is 24.3 Å². The third-order valence-electron chi connectivity index (χ3n) is 3.64. The Morgan fingerprint density at radius 3 is 2.63 bits per heavy atom. The lowest BCUT2D eigenvalue weighted by molar-refractivity contribution is -0.274. The number of nitrogens with zero attached hydrogens (tertiary/aromatic N) is 5. The number of aromatic nitrogens is 4. The summed E-state index contributed by atoms with van der Waals surface area (Å²) in [7, 11) is 0. The highest BCUT2D eigenvalue weighted by molar-refractivity contribution is 7.99. The van der Waals surface area contributed by atoms with Crippen LogP contribution in [0.2, 0.25) is 0 Å². The molecule has 1 aromatic heterocycles. The summed E-state index contributed by atoms with van der Waals surface area (Å²) >= 11 is 1.20. The fourth-order valence-electron chi connectivity index (χ4n) is 2.36. The molecular formula is C18H13F3N6O2S. The molecule has 1 amide bonds. The molecule has 1 heterocycles. The first kappa shape index (κ1) is 21.1. The number of ether oxygens (including phenoxy) is 1. The van der Waals surface area contributed by atoms with E-state index in [2.05, 4.69) is 25.6 Å². The number of anilines is 1. The van der Waals surface area contributed by atoms with Crippen molar-refractivity contribution in [2.24, 2.45) is 0 Å². The van der Waals surface area contributed by atoms with Crippen molar-refractivity contribution in [2.75, 3.05) is 11.1 Å². The van der Waals surface area contributed by atoms with Crippen molar-refractivity contribution in [3.05, 3.63) is 54.1 Å². The van der Waals surface area contributed by atoms with Gasteiger partial charge in [0, 0.05) is 12.2 Å². The second-order valence-electron chi connectivity index (χ2n) is 5.72. The van der Waals surface area contributed by atoms with E-state index in [-0.39, 0.29) is 18.1 Å². The molecule has 0 unspecified atom stereocenters. The highest BCUT2D eigenvalue weighted by Gasteiger charge is 2.31. The van der Waals surface area contributed by atoms with Crippen LogP contribution in [0.3, 0.4) is 0 Å². The average molecular weight is 434 g/mol. The normalized spacial score (nSPS) is 11.0. The maximum Gasteiger partial charge on any atom is 0.573 e. The van der Waals surface area contributed by atoms with E-state index in [1.807, 2.05) is 6.07 Å². The lowest BCUT2D eigenvalue weighted by atomic mass is 10.2. The van der Waals surface area contributed by atoms with Crippen LogP contribution < -0.4 is 10.1 Å². The molecule has 0 saturated carbocycles. The van der Waals surface area contributed by atoms with Gasteiger partial charge >= 0.3 is 6.36 Å². The maximum atomic E-state index is 12.3. The Morgan fingerprint density at radius 1 is 1.20 bits per heavy atom. The van der Waals surface area contributed by atoms with Crippen molar-refractivity contribution >= 4 is 23.4 Å². The lowest BCUT2D eigenvalue weighted by Crippen LogP contribution is -2.17. The van der Waals surface area contributed by atoms with E-state index < -0.39 is 6.36 Å². The van der Waals surface area contributed by atoms with E-state index in [4.69, 9.17) is 5.26 Å². The summed E-state index contributed by atoms with van der Waals surface area (Å²) in [4.78, 5) is 12.1. The molecule has 3 aromatic rings. The molecule has 3 rings (SSSR count). The summed E-state index contributed by atoms with van der Waals surface area (Å²) < 4.78 is 41.9. The van der Waals surface area contributed by atoms with Crippen molar-refractivity contribution in [3.8, 4) is 17.5 Å². The number of benzene rings is 2. The minimum Gasteiger partial charge on any atom is -0.406 e. The predicted octanol–water partition coefficient (Wildman–Crippen LogP) is 3.55. The molecule has 12 heteroatoms. The number of hydrogen-bond acceptors (Lipinski definition) is 7. The van der Waals surface area contributed by atoms with Gasteiger partial charge in [0.1, 0.15) is 11.8 Å². The minimum atomic E-state index is -4.77. The van der Waals surface area contributed by atoms with Crippen LogP contribution in [0.5, 0.6) is 5.75 Å². The number of rotatable bonds is 7. The Bertz CT molecular complexity index is 1060. The fourth-order valence-corrected chi connectivity index (χ4v) is 3.19. The Kier molecular flexibility index (Phi) is 6.53. The number of amides is 1. The summed E-state index contributed by atoms with van der Waals surface area (Å²) in [6.45, 7) is 0. The van der Waals surface area contributed by atoms with Gasteiger partial charge in [-0.05, 0) is 46.8 Å². The number of hydrogen-bond donors (Lipinski definition) is 1. The summed E-state index contributed by atoms with van der Waals surface area (Å²) in [6, 6.07) is 13.7. The van der Waals surface area contributed by atoms with Gasteiger partial charge in [-0.15, -0.1) is 18.3 Å². The van der Waals surface area contributed by atoms with Crippen LogP contribution in [-0.4, -0.2) is 38.2 Å². The van der Waals surface area contributed by atoms with Gasteiger partial charge in [-0.2, -0.15) is 9.94 Å². The second kappa shape index (κ2) is 9.27. The summed E-state index contributed by atoms with van der Waals surface area (Å²) in [5.74, 6) is -0.295. The largest absolute Gasteiger partial charge is 0.573 e. The number of carbonyl (C=O) groups excluding carboxylic acids is 1. The Morgan fingerprint density at radius 2 is 1.93 bits per heavy atom. The number of tetrazole rings is 1. The molecule has 0 fully saturated rings. The fraction of sp³-hybridized carbons (Fsp3) is 0.167. The second-order valence-corrected chi connectivity index (χ2v) is 6.78. The molecule has 0 aliphatic rings. The van der Waals surface area contributed by atoms with E-state index in [1.165, 1.54) is 28.6 Å². The summed E-state index contributed by atoms with van der Waals surface area (Å²) in [6.07, 6.45) is -4.64. The number of thioether (sulfide) groups is 1. The molecule has 2 aromatic carbocycles. The van der Waals surface area contributed by atoms with Crippen LogP contribution >= 0.6 is 11.8 Å². The molecule has 0 radical (unpaired) electrons. The molecule has 0 bridgehead atoms. The van der Waals surface area contributed by atoms with Gasteiger partial charge in [-0.25, -0.2) is 0 Å². The van der Waals surface area contributed by atoms with Crippen LogP contribution in [0, 0.1) is 11.3 Å². The highest BCUT2D eigenvalue weighted by Crippen LogP contribution is 2.25. The van der Waals surface area contributed by atoms with Gasteiger partial charge in [0.05, 0.1) is 16.9 Å². The Labute approximate surface area is 172 Å². The average Bonchev–Trinajstić information content (AvgIpc) is 3.16. The number of halogens is 3. The molecule has 8 nitrogen and oxygen atoms in total. The lowest BCUT2D eigenvalue weighted by Gasteiger charge is -2.09. The Hall–Kier alpha value is -3.59. The van der Waals surface area contributed by atoms with Gasteiger partial charge in [-0.3, -0.25) is 4.79 Å². The van der Waals surface area contributed by atoms with Crippen molar-refractivity contribution in [1.29, 1.82) is 5.26 Å². The number of alkyl halides is 3. The Balaban J connectivity index is 1.57. The van der Waals surface area contributed by atoms with Crippen LogP contribution in [0.15, 0.2) is 53.7 Å². The first-order valence-electron chi connectivity index (χ1n) is 8.42. The standard InChI is InChI=1S/C18H13F3N6O2S/c19-18(20,21)29-14-7-5-13(6-8-14)27-17(24-25-26-27)30-10-9-16(28)23-15-4-2-1-3-12(15)11-22/h1-8H,9-10H2,(H,23,28). The monoisotopic (exact) mass is 434 g/mol. The van der Waals surface area contributed by atoms with Crippen molar-refractivity contribution in [1.82, 2.24) is 20.2 Å². The third-order valence-corrected chi connectivity index (χ3v) is 4.56. The van der Waals surface area contributed by atoms with Crippen LogP contribution in [0.4, 0.5) is 18.9 Å². The van der Waals surface area contributed by atoms with Gasteiger partial charge in [0.2, 0.25) is 11.1 Å². The molecule has 0 spiro atoms. The summed E-state index contributed by atoms with van der Waals surface area (Å²) in [5.41, 5.74) is 1.23. The first-order valence-corrected chi connectivity index (χ1v) is 9.40. The molecule has 1 N–H and O–H groups in total. The van der Waals surface area contributed by atoms with Crippen molar-refractivity contribution in [3.63, 3.8) is 0 Å². The number of nitrogens with one attached hydrogen (secondary N) is 1. The van der Waals surface area contributed by atoms with Gasteiger partial charge in [-0.1, -0.05) is 23.9 Å². The molecule has 0 saturated heterocycles. The van der Waals surface area contributed by atoms with E-state index in [0.29, 0.717) is 27.8 Å². The molecule has 0 aliphatic carbocycles. The quantitative estimate of drug-likeness (QED) is 0.567. The van der Waals surface area contributed by atoms with Crippen LogP contribution in [0.25, 0.3) is 5.69 Å². The predicted molar refractivity (Wildman–Crippen MR) is 101 cm³/mol. The minimum absolute atomic E-state index is 0.135. The number of nitriles is 1. The van der Waals surface area contributed by atoms with Gasteiger partial charge < -0.3 is 10.1 Å². The topological polar surface area (TPSA) is 106 Å². The zero-order chi connectivity index (χ0) is 21.6. The van der Waals surface area contributed by atoms with E-state index >= 15 is 0 Å². The molecule has 154 valence electrons. The van der Waals surface area contributed by atoms with E-state index in [9.17, 15) is 18.0 Å². The maximum absolute atomic E-state index is 12.3. The SMILES string of the molecule is N#Cc1ccccc1NC(=O)CCSc1nnnn1-c1ccc(OC(F)(F)F)cc1. The highest BCUT2D eigenvalue weighted by atomic mass is 32.2. The molecular weight excluding hydrogens is 421 g/mol. The zero-order valence-electron chi connectivity index (χ0n) is 15.1. The molecule has 0 atom stereocenters. The first-order chi connectivity index (χ1) is 14.4.